The summed E-state index contributed by atoms with van der Waals surface area (Å²) in [5, 5.41) is 3.68. The summed E-state index contributed by atoms with van der Waals surface area (Å²) in [5.41, 5.74) is 0.303. The molecule has 1 fully saturated rings. The Hall–Kier alpha value is -1.89. The van der Waals surface area contributed by atoms with Crippen LogP contribution in [0.4, 0.5) is 19.0 Å². The molecule has 0 atom stereocenters. The Balaban J connectivity index is 1.64. The lowest BCUT2D eigenvalue weighted by atomic mass is 9.99. The Morgan fingerprint density at radius 3 is 2.60 bits per heavy atom. The van der Waals surface area contributed by atoms with E-state index in [9.17, 15) is 13.2 Å². The number of benzene rings is 1. The first-order valence-corrected chi connectivity index (χ1v) is 8.73. The van der Waals surface area contributed by atoms with Crippen LogP contribution in [0.1, 0.15) is 32.0 Å². The van der Waals surface area contributed by atoms with Crippen molar-refractivity contribution in [3.63, 3.8) is 0 Å². The summed E-state index contributed by atoms with van der Waals surface area (Å²) in [5.74, 6) is -0.0496. The van der Waals surface area contributed by atoms with Gasteiger partial charge in [-0.05, 0) is 56.9 Å². The van der Waals surface area contributed by atoms with Crippen molar-refractivity contribution in [2.75, 3.05) is 31.5 Å². The maximum Gasteiger partial charge on any atom is 0.451 e. The van der Waals surface area contributed by atoms with E-state index in [1.807, 2.05) is 0 Å². The highest BCUT2D eigenvalue weighted by Gasteiger charge is 2.35. The first-order valence-electron chi connectivity index (χ1n) is 8.73. The number of nitrogens with one attached hydrogen (secondary N) is 1. The van der Waals surface area contributed by atoms with Gasteiger partial charge in [-0.2, -0.15) is 13.2 Å². The van der Waals surface area contributed by atoms with Gasteiger partial charge in [0.15, 0.2) is 0 Å². The second-order valence-electron chi connectivity index (χ2n) is 6.72. The number of fused-ring (bicyclic) bond motifs is 1. The van der Waals surface area contributed by atoms with Crippen LogP contribution in [0.2, 0.25) is 0 Å². The molecule has 0 radical (unpaired) electrons. The average molecular weight is 352 g/mol. The molecule has 1 aromatic heterocycles. The molecule has 0 aliphatic carbocycles. The zero-order valence-corrected chi connectivity index (χ0v) is 14.3. The van der Waals surface area contributed by atoms with Crippen LogP contribution in [0.25, 0.3) is 10.9 Å². The Bertz CT molecular complexity index is 709. The van der Waals surface area contributed by atoms with Crippen molar-refractivity contribution in [1.29, 1.82) is 0 Å². The molecule has 0 saturated carbocycles. The molecule has 2 heterocycles. The molecule has 1 aliphatic heterocycles. The van der Waals surface area contributed by atoms with Crippen molar-refractivity contribution in [2.45, 2.75) is 32.4 Å². The maximum atomic E-state index is 13.0. The van der Waals surface area contributed by atoms with Crippen LogP contribution in [0.5, 0.6) is 0 Å². The van der Waals surface area contributed by atoms with Crippen LogP contribution < -0.4 is 5.32 Å². The fourth-order valence-corrected chi connectivity index (χ4v) is 3.13. The van der Waals surface area contributed by atoms with Gasteiger partial charge in [-0.3, -0.25) is 0 Å². The number of nitrogens with zero attached hydrogens (tertiary/aromatic N) is 3. The quantitative estimate of drug-likeness (QED) is 0.820. The molecule has 0 spiro atoms. The van der Waals surface area contributed by atoms with E-state index in [0.29, 0.717) is 17.4 Å². The number of anilines is 1. The Morgan fingerprint density at radius 1 is 1.16 bits per heavy atom. The monoisotopic (exact) mass is 352 g/mol. The number of hydrogen-bond acceptors (Lipinski definition) is 4. The summed E-state index contributed by atoms with van der Waals surface area (Å²) in [4.78, 5) is 9.75. The van der Waals surface area contributed by atoms with Crippen molar-refractivity contribution >= 4 is 16.7 Å². The lowest BCUT2D eigenvalue weighted by Gasteiger charge is -2.30. The Kier molecular flexibility index (Phi) is 5.42. The second-order valence-corrected chi connectivity index (χ2v) is 6.72. The van der Waals surface area contributed by atoms with Gasteiger partial charge in [0.25, 0.3) is 0 Å². The van der Waals surface area contributed by atoms with Crippen molar-refractivity contribution < 1.29 is 13.2 Å². The van der Waals surface area contributed by atoms with Gasteiger partial charge in [0.05, 0.1) is 5.52 Å². The van der Waals surface area contributed by atoms with Gasteiger partial charge in [0.2, 0.25) is 5.82 Å². The third-order valence-corrected chi connectivity index (χ3v) is 4.68. The highest BCUT2D eigenvalue weighted by atomic mass is 19.4. The van der Waals surface area contributed by atoms with E-state index >= 15 is 0 Å². The molecule has 0 amide bonds. The summed E-state index contributed by atoms with van der Waals surface area (Å²) in [7, 11) is 0. The minimum absolute atomic E-state index is 0.255. The molecule has 1 N–H and O–H groups in total. The number of likely N-dealkylation sites (tertiary alicyclic amines) is 1. The third kappa shape index (κ3) is 4.60. The number of alkyl halides is 3. The lowest BCUT2D eigenvalue weighted by Crippen LogP contribution is -2.34. The first kappa shape index (κ1) is 17.9. The fraction of sp³-hybridized carbons (Fsp3) is 0.556. The van der Waals surface area contributed by atoms with Gasteiger partial charge in [-0.25, -0.2) is 9.97 Å². The maximum absolute atomic E-state index is 13.0. The number of piperidine rings is 1. The molecule has 1 aromatic carbocycles. The van der Waals surface area contributed by atoms with Gasteiger partial charge in [-0.15, -0.1) is 0 Å². The van der Waals surface area contributed by atoms with Crippen molar-refractivity contribution in [1.82, 2.24) is 14.9 Å². The Labute approximate surface area is 145 Å². The SMILES string of the molecule is CC1CCN(CCCNc2nc(C(F)(F)F)nc3ccccc23)CC1. The Morgan fingerprint density at radius 2 is 1.88 bits per heavy atom. The molecule has 136 valence electrons. The van der Waals surface area contributed by atoms with Crippen molar-refractivity contribution in [2.24, 2.45) is 5.92 Å². The topological polar surface area (TPSA) is 41.0 Å². The van der Waals surface area contributed by atoms with E-state index in [-0.39, 0.29) is 5.82 Å². The molecule has 1 saturated heterocycles. The molecule has 2 aromatic rings. The second kappa shape index (κ2) is 7.56. The predicted octanol–water partition coefficient (Wildman–Crippen LogP) is 4.18. The standard InChI is InChI=1S/C18H23F3N4/c1-13-7-11-25(12-8-13)10-4-9-22-16-14-5-2-3-6-15(14)23-17(24-16)18(19,20)21/h2-3,5-6,13H,4,7-12H2,1H3,(H,22,23,24). The fourth-order valence-electron chi connectivity index (χ4n) is 3.13. The van der Waals surface area contributed by atoms with Crippen LogP contribution in [0, 0.1) is 5.92 Å². The number of halogens is 3. The summed E-state index contributed by atoms with van der Waals surface area (Å²) in [6.07, 6.45) is -1.24. The van der Waals surface area contributed by atoms with Crippen molar-refractivity contribution in [3.8, 4) is 0 Å². The van der Waals surface area contributed by atoms with Crippen LogP contribution in [0.15, 0.2) is 24.3 Å². The zero-order chi connectivity index (χ0) is 17.9. The van der Waals surface area contributed by atoms with Crippen molar-refractivity contribution in [3.05, 3.63) is 30.1 Å². The predicted molar refractivity (Wildman–Crippen MR) is 92.5 cm³/mol. The molecular weight excluding hydrogens is 329 g/mol. The van der Waals surface area contributed by atoms with E-state index in [1.165, 1.54) is 12.8 Å². The van der Waals surface area contributed by atoms with Gasteiger partial charge in [0.1, 0.15) is 5.82 Å². The number of para-hydroxylation sites is 1. The highest BCUT2D eigenvalue weighted by Crippen LogP contribution is 2.30. The molecule has 4 nitrogen and oxygen atoms in total. The first-order chi connectivity index (χ1) is 11.9. The molecule has 1 aliphatic rings. The molecular formula is C18H23F3N4. The normalized spacial score (nSPS) is 17.1. The minimum Gasteiger partial charge on any atom is -0.369 e. The van der Waals surface area contributed by atoms with E-state index < -0.39 is 12.0 Å². The molecule has 3 rings (SSSR count). The molecule has 0 bridgehead atoms. The number of rotatable bonds is 5. The molecule has 0 unspecified atom stereocenters. The van der Waals surface area contributed by atoms with Crippen LogP contribution in [0.3, 0.4) is 0 Å². The smallest absolute Gasteiger partial charge is 0.369 e. The summed E-state index contributed by atoms with van der Waals surface area (Å²) in [6.45, 7) is 6.03. The summed E-state index contributed by atoms with van der Waals surface area (Å²) in [6, 6.07) is 6.77. The zero-order valence-electron chi connectivity index (χ0n) is 14.3. The minimum atomic E-state index is -4.55. The van der Waals surface area contributed by atoms with E-state index in [1.54, 1.807) is 24.3 Å². The number of hydrogen-bond donors (Lipinski definition) is 1. The van der Waals surface area contributed by atoms with Crippen LogP contribution >= 0.6 is 0 Å². The highest BCUT2D eigenvalue weighted by molar-refractivity contribution is 5.89. The van der Waals surface area contributed by atoms with Crippen LogP contribution in [-0.2, 0) is 6.18 Å². The van der Waals surface area contributed by atoms with Crippen LogP contribution in [-0.4, -0.2) is 41.0 Å². The average Bonchev–Trinajstić information content (AvgIpc) is 2.59. The van der Waals surface area contributed by atoms with E-state index in [4.69, 9.17) is 0 Å². The van der Waals surface area contributed by atoms with Gasteiger partial charge in [0, 0.05) is 11.9 Å². The van der Waals surface area contributed by atoms with Gasteiger partial charge >= 0.3 is 6.18 Å². The lowest BCUT2D eigenvalue weighted by molar-refractivity contribution is -0.144. The number of aromatic nitrogens is 2. The molecule has 25 heavy (non-hydrogen) atoms. The van der Waals surface area contributed by atoms with Gasteiger partial charge < -0.3 is 10.2 Å². The third-order valence-electron chi connectivity index (χ3n) is 4.68. The van der Waals surface area contributed by atoms with E-state index in [2.05, 4.69) is 27.1 Å². The largest absolute Gasteiger partial charge is 0.451 e. The summed E-state index contributed by atoms with van der Waals surface area (Å²) >= 11 is 0. The molecule has 7 heteroatoms. The van der Waals surface area contributed by atoms with Gasteiger partial charge in [-0.1, -0.05) is 19.1 Å². The summed E-state index contributed by atoms with van der Waals surface area (Å²) < 4.78 is 39.0. The van der Waals surface area contributed by atoms with E-state index in [0.717, 1.165) is 32.0 Å².